The maximum atomic E-state index is 12.3. The molecule has 0 aliphatic heterocycles. The lowest BCUT2D eigenvalue weighted by atomic mass is 9.98. The molecule has 1 unspecified atom stereocenters. The zero-order chi connectivity index (χ0) is 19.3. The zero-order valence-corrected chi connectivity index (χ0v) is 14.6. The van der Waals surface area contributed by atoms with Gasteiger partial charge in [-0.15, -0.1) is 0 Å². The van der Waals surface area contributed by atoms with Gasteiger partial charge < -0.3 is 10.4 Å². The van der Waals surface area contributed by atoms with Crippen LogP contribution in [0.2, 0.25) is 0 Å². The fourth-order valence-corrected chi connectivity index (χ4v) is 2.77. The summed E-state index contributed by atoms with van der Waals surface area (Å²) in [6.07, 6.45) is 0.257. The van der Waals surface area contributed by atoms with Crippen molar-refractivity contribution in [3.8, 4) is 0 Å². The van der Waals surface area contributed by atoms with Crippen molar-refractivity contribution in [3.05, 3.63) is 74.8 Å². The number of amides is 1. The van der Waals surface area contributed by atoms with Crippen LogP contribution in [-0.4, -0.2) is 28.5 Å². The van der Waals surface area contributed by atoms with Crippen molar-refractivity contribution in [3.63, 3.8) is 0 Å². The largest absolute Gasteiger partial charge is 0.481 e. The summed E-state index contributed by atoms with van der Waals surface area (Å²) >= 11 is 0. The molecule has 2 rings (SSSR count). The molecule has 0 bridgehead atoms. The number of hydrogen-bond acceptors (Lipinski definition) is 4. The number of para-hydroxylation sites is 1. The Hall–Kier alpha value is -3.22. The number of carboxylic acids is 1. The molecule has 2 aromatic rings. The molecule has 0 saturated heterocycles. The molecular formula is C19H20N2O5. The Morgan fingerprint density at radius 2 is 1.88 bits per heavy atom. The van der Waals surface area contributed by atoms with Gasteiger partial charge in [0.2, 0.25) is 0 Å². The van der Waals surface area contributed by atoms with Crippen molar-refractivity contribution < 1.29 is 19.6 Å². The average molecular weight is 356 g/mol. The minimum Gasteiger partial charge on any atom is -0.481 e. The molecule has 0 saturated carbocycles. The van der Waals surface area contributed by atoms with Gasteiger partial charge in [0.05, 0.1) is 10.8 Å². The number of aliphatic carboxylic acids is 1. The van der Waals surface area contributed by atoms with Gasteiger partial charge in [-0.1, -0.05) is 42.0 Å². The highest BCUT2D eigenvalue weighted by Crippen LogP contribution is 2.23. The van der Waals surface area contributed by atoms with Crippen LogP contribution in [0.3, 0.4) is 0 Å². The molecule has 7 heteroatoms. The number of carbonyl (C=O) groups excluding carboxylic acids is 1. The molecule has 0 aromatic heterocycles. The number of carbonyl (C=O) groups is 2. The van der Waals surface area contributed by atoms with Crippen LogP contribution in [0.5, 0.6) is 0 Å². The van der Waals surface area contributed by atoms with Crippen molar-refractivity contribution >= 4 is 17.6 Å². The van der Waals surface area contributed by atoms with E-state index in [1.165, 1.54) is 6.07 Å². The molecule has 0 spiro atoms. The second-order valence-electron chi connectivity index (χ2n) is 6.17. The quantitative estimate of drug-likeness (QED) is 0.585. The summed E-state index contributed by atoms with van der Waals surface area (Å²) in [5.74, 6) is -2.52. The van der Waals surface area contributed by atoms with Gasteiger partial charge in [0, 0.05) is 12.1 Å². The van der Waals surface area contributed by atoms with E-state index < -0.39 is 22.7 Å². The van der Waals surface area contributed by atoms with Crippen LogP contribution in [0.15, 0.2) is 42.5 Å². The zero-order valence-electron chi connectivity index (χ0n) is 14.6. The number of nitro benzene ring substituents is 1. The predicted octanol–water partition coefficient (Wildman–Crippen LogP) is 2.88. The lowest BCUT2D eigenvalue weighted by molar-refractivity contribution is -0.385. The van der Waals surface area contributed by atoms with Crippen molar-refractivity contribution in [2.24, 2.45) is 5.92 Å². The molecule has 0 aliphatic carbocycles. The molecule has 1 amide bonds. The third-order valence-corrected chi connectivity index (χ3v) is 4.09. The molecular weight excluding hydrogens is 336 g/mol. The van der Waals surface area contributed by atoms with Crippen LogP contribution >= 0.6 is 0 Å². The number of benzene rings is 2. The van der Waals surface area contributed by atoms with Crippen molar-refractivity contribution in [1.82, 2.24) is 5.32 Å². The van der Waals surface area contributed by atoms with Crippen LogP contribution in [0.1, 0.15) is 27.0 Å². The lowest BCUT2D eigenvalue weighted by Crippen LogP contribution is -2.34. The van der Waals surface area contributed by atoms with E-state index >= 15 is 0 Å². The highest BCUT2D eigenvalue weighted by atomic mass is 16.6. The summed E-state index contributed by atoms with van der Waals surface area (Å²) in [7, 11) is 0. The average Bonchev–Trinajstić information content (AvgIpc) is 2.57. The molecule has 0 fully saturated rings. The van der Waals surface area contributed by atoms with Gasteiger partial charge in [-0.3, -0.25) is 19.7 Å². The number of carboxylic acid groups (broad SMARTS) is 1. The first-order chi connectivity index (χ1) is 12.3. The van der Waals surface area contributed by atoms with E-state index in [4.69, 9.17) is 0 Å². The molecule has 0 aliphatic rings. The topological polar surface area (TPSA) is 110 Å². The van der Waals surface area contributed by atoms with E-state index in [9.17, 15) is 24.8 Å². The summed E-state index contributed by atoms with van der Waals surface area (Å²) in [6.45, 7) is 3.35. The first-order valence-electron chi connectivity index (χ1n) is 8.10. The van der Waals surface area contributed by atoms with E-state index in [2.05, 4.69) is 5.32 Å². The Morgan fingerprint density at radius 3 is 2.50 bits per heavy atom. The predicted molar refractivity (Wildman–Crippen MR) is 96.2 cm³/mol. The highest BCUT2D eigenvalue weighted by Gasteiger charge is 2.24. The molecule has 2 N–H and O–H groups in total. The Balaban J connectivity index is 2.12. The highest BCUT2D eigenvalue weighted by molar-refractivity contribution is 5.98. The van der Waals surface area contributed by atoms with E-state index in [1.807, 2.05) is 31.2 Å². The Labute approximate surface area is 150 Å². The Morgan fingerprint density at radius 1 is 1.19 bits per heavy atom. The van der Waals surface area contributed by atoms with Crippen LogP contribution in [0, 0.1) is 29.9 Å². The third-order valence-electron chi connectivity index (χ3n) is 4.09. The fraction of sp³-hybridized carbons (Fsp3) is 0.263. The van der Waals surface area contributed by atoms with Gasteiger partial charge in [0.1, 0.15) is 5.56 Å². The number of hydrogen-bond donors (Lipinski definition) is 2. The monoisotopic (exact) mass is 356 g/mol. The maximum Gasteiger partial charge on any atom is 0.308 e. The summed E-state index contributed by atoms with van der Waals surface area (Å²) in [4.78, 5) is 34.4. The first kappa shape index (κ1) is 19.1. The normalized spacial score (nSPS) is 11.6. The smallest absolute Gasteiger partial charge is 0.308 e. The summed E-state index contributed by atoms with van der Waals surface area (Å²) in [5, 5.41) is 23.1. The molecule has 2 aromatic carbocycles. The Bertz CT molecular complexity index is 848. The minimum absolute atomic E-state index is 0.0744. The van der Waals surface area contributed by atoms with E-state index in [0.29, 0.717) is 5.56 Å². The van der Waals surface area contributed by atoms with E-state index in [-0.39, 0.29) is 24.2 Å². The second kappa shape index (κ2) is 8.24. The van der Waals surface area contributed by atoms with Gasteiger partial charge >= 0.3 is 5.97 Å². The third kappa shape index (κ3) is 4.66. The van der Waals surface area contributed by atoms with Crippen molar-refractivity contribution in [2.75, 3.05) is 6.54 Å². The minimum atomic E-state index is -1.04. The lowest BCUT2D eigenvalue weighted by Gasteiger charge is -2.14. The van der Waals surface area contributed by atoms with Gasteiger partial charge in [-0.2, -0.15) is 0 Å². The summed E-state index contributed by atoms with van der Waals surface area (Å²) in [6, 6.07) is 11.9. The number of aryl methyl sites for hydroxylation is 2. The molecule has 0 radical (unpaired) electrons. The Kier molecular flexibility index (Phi) is 6.06. The van der Waals surface area contributed by atoms with Gasteiger partial charge in [0.25, 0.3) is 11.6 Å². The molecule has 136 valence electrons. The van der Waals surface area contributed by atoms with Crippen molar-refractivity contribution in [1.29, 1.82) is 0 Å². The summed E-state index contributed by atoms with van der Waals surface area (Å²) in [5.41, 5.74) is 1.90. The van der Waals surface area contributed by atoms with Crippen molar-refractivity contribution in [2.45, 2.75) is 20.3 Å². The van der Waals surface area contributed by atoms with Crippen LogP contribution in [0.4, 0.5) is 5.69 Å². The van der Waals surface area contributed by atoms with Crippen LogP contribution in [-0.2, 0) is 11.2 Å². The molecule has 1 atom stereocenters. The number of nitrogens with one attached hydrogen (secondary N) is 1. The first-order valence-corrected chi connectivity index (χ1v) is 8.10. The SMILES string of the molecule is Cc1cccc(CC(CNC(=O)c2cccc(C)c2[N+](=O)[O-])C(=O)O)c1. The number of nitrogens with zero attached hydrogens (tertiary/aromatic N) is 1. The summed E-state index contributed by atoms with van der Waals surface area (Å²) < 4.78 is 0. The van der Waals surface area contributed by atoms with Gasteiger partial charge in [-0.05, 0) is 31.9 Å². The van der Waals surface area contributed by atoms with Gasteiger partial charge in [-0.25, -0.2) is 0 Å². The van der Waals surface area contributed by atoms with Gasteiger partial charge in [0.15, 0.2) is 0 Å². The van der Waals surface area contributed by atoms with Crippen LogP contribution in [0.25, 0.3) is 0 Å². The van der Waals surface area contributed by atoms with E-state index in [1.54, 1.807) is 19.1 Å². The molecule has 7 nitrogen and oxygen atoms in total. The maximum absolute atomic E-state index is 12.3. The standard InChI is InChI=1S/C19H20N2O5/c1-12-5-3-7-14(9-12)10-15(19(23)24)11-20-18(22)16-8-4-6-13(2)17(16)21(25)26/h3-9,15H,10-11H2,1-2H3,(H,20,22)(H,23,24). The second-order valence-corrected chi connectivity index (χ2v) is 6.17. The number of rotatable bonds is 7. The van der Waals surface area contributed by atoms with E-state index in [0.717, 1.165) is 11.1 Å². The molecule has 26 heavy (non-hydrogen) atoms. The van der Waals surface area contributed by atoms with Crippen LogP contribution < -0.4 is 5.32 Å². The number of nitro groups is 1. The fourth-order valence-electron chi connectivity index (χ4n) is 2.77. The molecule has 0 heterocycles.